The van der Waals surface area contributed by atoms with Crippen LogP contribution in [0.2, 0.25) is 5.02 Å². The van der Waals surface area contributed by atoms with Crippen LogP contribution >= 0.6 is 11.6 Å². The average molecular weight is 327 g/mol. The Labute approximate surface area is 118 Å². The van der Waals surface area contributed by atoms with Gasteiger partial charge in [0.2, 0.25) is 10.0 Å². The van der Waals surface area contributed by atoms with Crippen LogP contribution in [0.4, 0.5) is 0 Å². The highest BCUT2D eigenvalue weighted by molar-refractivity contribution is 7.92. The lowest BCUT2D eigenvalue weighted by atomic mass is 10.2. The van der Waals surface area contributed by atoms with Gasteiger partial charge >= 0.3 is 0 Å². The Hall–Kier alpha value is -0.700. The van der Waals surface area contributed by atoms with Gasteiger partial charge in [0.1, 0.15) is 4.90 Å². The standard InChI is InChI=1S/C10H15ClN2O4S2/c1-10(2,18(3,14)15)7-13-19(16,17)9-6-12-5-4-8(9)11/h4-6,13H,7H2,1-3H3. The van der Waals surface area contributed by atoms with Gasteiger partial charge in [-0.2, -0.15) is 0 Å². The molecule has 0 fully saturated rings. The summed E-state index contributed by atoms with van der Waals surface area (Å²) in [5, 5.41) is 0.0275. The highest BCUT2D eigenvalue weighted by Crippen LogP contribution is 2.20. The first-order valence-corrected chi connectivity index (χ1v) is 9.01. The summed E-state index contributed by atoms with van der Waals surface area (Å²) in [5.41, 5.74) is 0. The van der Waals surface area contributed by atoms with E-state index in [0.717, 1.165) is 12.5 Å². The molecule has 1 aromatic rings. The summed E-state index contributed by atoms with van der Waals surface area (Å²) in [6, 6.07) is 1.35. The number of sulfone groups is 1. The van der Waals surface area contributed by atoms with Crippen LogP contribution in [0.5, 0.6) is 0 Å². The van der Waals surface area contributed by atoms with Crippen LogP contribution < -0.4 is 4.72 Å². The maximum atomic E-state index is 12.0. The Bertz CT molecular complexity index is 669. The molecular weight excluding hydrogens is 312 g/mol. The van der Waals surface area contributed by atoms with Crippen LogP contribution in [0.25, 0.3) is 0 Å². The molecular formula is C10H15ClN2O4S2. The third-order valence-electron chi connectivity index (χ3n) is 2.72. The predicted molar refractivity (Wildman–Crippen MR) is 73.4 cm³/mol. The first kappa shape index (κ1) is 16.4. The van der Waals surface area contributed by atoms with E-state index in [9.17, 15) is 16.8 Å². The zero-order valence-corrected chi connectivity index (χ0v) is 13.1. The van der Waals surface area contributed by atoms with Gasteiger partial charge in [0.05, 0.1) is 9.77 Å². The van der Waals surface area contributed by atoms with Crippen molar-refractivity contribution in [3.8, 4) is 0 Å². The van der Waals surface area contributed by atoms with Crippen LogP contribution in [-0.2, 0) is 19.9 Å². The second-order valence-corrected chi connectivity index (χ2v) is 9.45. The summed E-state index contributed by atoms with van der Waals surface area (Å²) < 4.78 is 48.0. The normalized spacial score (nSPS) is 13.5. The van der Waals surface area contributed by atoms with Gasteiger partial charge in [0, 0.05) is 25.2 Å². The van der Waals surface area contributed by atoms with Gasteiger partial charge in [-0.05, 0) is 19.9 Å². The molecule has 1 heterocycles. The molecule has 0 amide bonds. The third-order valence-corrected chi connectivity index (χ3v) is 6.74. The molecule has 0 unspecified atom stereocenters. The predicted octanol–water partition coefficient (Wildman–Crippen LogP) is 0.836. The summed E-state index contributed by atoms with van der Waals surface area (Å²) in [7, 11) is -7.29. The van der Waals surface area contributed by atoms with E-state index >= 15 is 0 Å². The summed E-state index contributed by atoms with van der Waals surface area (Å²) >= 11 is 5.77. The molecule has 0 atom stereocenters. The van der Waals surface area contributed by atoms with Crippen molar-refractivity contribution in [3.63, 3.8) is 0 Å². The molecule has 0 saturated heterocycles. The SMILES string of the molecule is CC(C)(CNS(=O)(=O)c1cnccc1Cl)S(C)(=O)=O. The first-order chi connectivity index (χ1) is 8.47. The molecule has 0 radical (unpaired) electrons. The Morgan fingerprint density at radius 1 is 1.32 bits per heavy atom. The van der Waals surface area contributed by atoms with Crippen LogP contribution in [0.1, 0.15) is 13.8 Å². The minimum absolute atomic E-state index is 0.0275. The van der Waals surface area contributed by atoms with E-state index in [0.29, 0.717) is 0 Å². The van der Waals surface area contributed by atoms with Crippen LogP contribution in [0.15, 0.2) is 23.4 Å². The zero-order chi connectivity index (χ0) is 14.9. The zero-order valence-electron chi connectivity index (χ0n) is 10.7. The van der Waals surface area contributed by atoms with E-state index in [-0.39, 0.29) is 16.5 Å². The highest BCUT2D eigenvalue weighted by Gasteiger charge is 2.32. The third kappa shape index (κ3) is 3.88. The number of halogens is 1. The number of nitrogens with zero attached hydrogens (tertiary/aromatic N) is 1. The van der Waals surface area contributed by atoms with Crippen molar-refractivity contribution >= 4 is 31.5 Å². The second kappa shape index (κ2) is 5.35. The summed E-state index contributed by atoms with van der Waals surface area (Å²) in [4.78, 5) is 3.50. The molecule has 108 valence electrons. The molecule has 6 nitrogen and oxygen atoms in total. The van der Waals surface area contributed by atoms with Crippen molar-refractivity contribution in [2.24, 2.45) is 0 Å². The van der Waals surface area contributed by atoms with E-state index in [1.807, 2.05) is 0 Å². The van der Waals surface area contributed by atoms with E-state index in [4.69, 9.17) is 11.6 Å². The van der Waals surface area contributed by atoms with E-state index < -0.39 is 24.6 Å². The number of hydrogen-bond donors (Lipinski definition) is 1. The lowest BCUT2D eigenvalue weighted by molar-refractivity contribution is 0.537. The van der Waals surface area contributed by atoms with Gasteiger partial charge in [-0.25, -0.2) is 21.6 Å². The van der Waals surface area contributed by atoms with Crippen molar-refractivity contribution in [1.29, 1.82) is 0 Å². The van der Waals surface area contributed by atoms with Crippen LogP contribution in [-0.4, -0.2) is 39.4 Å². The van der Waals surface area contributed by atoms with Gasteiger partial charge in [-0.3, -0.25) is 4.98 Å². The molecule has 0 aromatic carbocycles. The summed E-state index contributed by atoms with van der Waals surface area (Å²) in [6.07, 6.45) is 3.53. The number of nitrogens with one attached hydrogen (secondary N) is 1. The van der Waals surface area contributed by atoms with Gasteiger partial charge in [0.15, 0.2) is 9.84 Å². The molecule has 1 rings (SSSR count). The van der Waals surface area contributed by atoms with Crippen LogP contribution in [0, 0.1) is 0 Å². The maximum absolute atomic E-state index is 12.0. The Morgan fingerprint density at radius 3 is 2.37 bits per heavy atom. The molecule has 0 aliphatic rings. The van der Waals surface area contributed by atoms with Gasteiger partial charge in [0.25, 0.3) is 0 Å². The van der Waals surface area contributed by atoms with Crippen molar-refractivity contribution in [1.82, 2.24) is 9.71 Å². The Morgan fingerprint density at radius 2 is 1.89 bits per heavy atom. The summed E-state index contributed by atoms with van der Waals surface area (Å²) in [6.45, 7) is 2.63. The number of rotatable bonds is 5. The monoisotopic (exact) mass is 326 g/mol. The largest absolute Gasteiger partial charge is 0.263 e. The molecule has 19 heavy (non-hydrogen) atoms. The smallest absolute Gasteiger partial charge is 0.243 e. The number of sulfonamides is 1. The Kier molecular flexibility index (Phi) is 4.61. The molecule has 0 saturated carbocycles. The fourth-order valence-electron chi connectivity index (χ4n) is 1.04. The lowest BCUT2D eigenvalue weighted by Crippen LogP contribution is -2.43. The number of hydrogen-bond acceptors (Lipinski definition) is 5. The molecule has 9 heteroatoms. The molecule has 0 aliphatic heterocycles. The fourth-order valence-corrected chi connectivity index (χ4v) is 3.10. The average Bonchev–Trinajstić information content (AvgIpc) is 2.25. The van der Waals surface area contributed by atoms with Crippen LogP contribution in [0.3, 0.4) is 0 Å². The fraction of sp³-hybridized carbons (Fsp3) is 0.500. The minimum Gasteiger partial charge on any atom is -0.263 e. The van der Waals surface area contributed by atoms with E-state index in [1.165, 1.54) is 26.1 Å². The maximum Gasteiger partial charge on any atom is 0.243 e. The number of pyridine rings is 1. The van der Waals surface area contributed by atoms with Gasteiger partial charge < -0.3 is 0 Å². The van der Waals surface area contributed by atoms with Crippen molar-refractivity contribution in [2.45, 2.75) is 23.5 Å². The van der Waals surface area contributed by atoms with E-state index in [2.05, 4.69) is 9.71 Å². The minimum atomic E-state index is -3.89. The highest BCUT2D eigenvalue weighted by atomic mass is 35.5. The lowest BCUT2D eigenvalue weighted by Gasteiger charge is -2.22. The van der Waals surface area contributed by atoms with Gasteiger partial charge in [-0.1, -0.05) is 11.6 Å². The van der Waals surface area contributed by atoms with Crippen molar-refractivity contribution in [3.05, 3.63) is 23.5 Å². The van der Waals surface area contributed by atoms with E-state index in [1.54, 1.807) is 0 Å². The Balaban J connectivity index is 2.99. The molecule has 0 spiro atoms. The molecule has 1 aromatic heterocycles. The summed E-state index contributed by atoms with van der Waals surface area (Å²) in [5.74, 6) is 0. The quantitative estimate of drug-likeness (QED) is 0.865. The second-order valence-electron chi connectivity index (χ2n) is 4.66. The van der Waals surface area contributed by atoms with Crippen molar-refractivity contribution < 1.29 is 16.8 Å². The van der Waals surface area contributed by atoms with Gasteiger partial charge in [-0.15, -0.1) is 0 Å². The molecule has 1 N–H and O–H groups in total. The molecule has 0 aliphatic carbocycles. The topological polar surface area (TPSA) is 93.2 Å². The molecule has 0 bridgehead atoms. The number of aromatic nitrogens is 1. The van der Waals surface area contributed by atoms with Crippen molar-refractivity contribution in [2.75, 3.05) is 12.8 Å². The first-order valence-electron chi connectivity index (χ1n) is 5.26.